The SMILES string of the molecule is O=C(CCc1ncc(-c2ccccc2)o1)N(Cc1cccnc1)Cc1ccco1. The highest BCUT2D eigenvalue weighted by molar-refractivity contribution is 5.76. The Morgan fingerprint density at radius 2 is 1.86 bits per heavy atom. The lowest BCUT2D eigenvalue weighted by atomic mass is 10.2. The van der Waals surface area contributed by atoms with Crippen molar-refractivity contribution in [1.29, 1.82) is 0 Å². The zero-order valence-corrected chi connectivity index (χ0v) is 15.9. The molecular weight excluding hydrogens is 366 g/mol. The molecule has 0 N–H and O–H groups in total. The van der Waals surface area contributed by atoms with Crippen molar-refractivity contribution in [1.82, 2.24) is 14.9 Å². The Hall–Kier alpha value is -3.67. The number of carbonyl (C=O) groups excluding carboxylic acids is 1. The zero-order chi connectivity index (χ0) is 19.9. The molecule has 6 heteroatoms. The second kappa shape index (κ2) is 9.01. The van der Waals surface area contributed by atoms with Crippen molar-refractivity contribution < 1.29 is 13.6 Å². The monoisotopic (exact) mass is 387 g/mol. The molecule has 1 aromatic carbocycles. The van der Waals surface area contributed by atoms with E-state index in [1.54, 1.807) is 29.8 Å². The number of carbonyl (C=O) groups is 1. The molecule has 0 aliphatic rings. The van der Waals surface area contributed by atoms with E-state index in [4.69, 9.17) is 8.83 Å². The van der Waals surface area contributed by atoms with E-state index in [1.807, 2.05) is 54.6 Å². The second-order valence-corrected chi connectivity index (χ2v) is 6.67. The third-order valence-electron chi connectivity index (χ3n) is 4.54. The van der Waals surface area contributed by atoms with Gasteiger partial charge in [-0.2, -0.15) is 0 Å². The zero-order valence-electron chi connectivity index (χ0n) is 15.9. The highest BCUT2D eigenvalue weighted by Crippen LogP contribution is 2.21. The average molecular weight is 387 g/mol. The first-order valence-electron chi connectivity index (χ1n) is 9.47. The molecule has 146 valence electrons. The Labute approximate surface area is 168 Å². The molecule has 4 aromatic rings. The Bertz CT molecular complexity index is 1030. The normalized spacial score (nSPS) is 10.8. The summed E-state index contributed by atoms with van der Waals surface area (Å²) < 4.78 is 11.2. The third kappa shape index (κ3) is 4.99. The Kier molecular flexibility index (Phi) is 5.81. The number of hydrogen-bond acceptors (Lipinski definition) is 5. The van der Waals surface area contributed by atoms with E-state index in [9.17, 15) is 4.79 Å². The van der Waals surface area contributed by atoms with Crippen LogP contribution < -0.4 is 0 Å². The minimum Gasteiger partial charge on any atom is -0.467 e. The average Bonchev–Trinajstić information content (AvgIpc) is 3.45. The summed E-state index contributed by atoms with van der Waals surface area (Å²) in [6.45, 7) is 0.871. The number of aryl methyl sites for hydroxylation is 1. The summed E-state index contributed by atoms with van der Waals surface area (Å²) in [6.07, 6.45) is 7.53. The van der Waals surface area contributed by atoms with Gasteiger partial charge in [-0.15, -0.1) is 0 Å². The molecule has 0 aliphatic heterocycles. The molecule has 0 unspecified atom stereocenters. The van der Waals surface area contributed by atoms with E-state index >= 15 is 0 Å². The van der Waals surface area contributed by atoms with E-state index in [-0.39, 0.29) is 5.91 Å². The van der Waals surface area contributed by atoms with Gasteiger partial charge >= 0.3 is 0 Å². The topological polar surface area (TPSA) is 72.4 Å². The molecule has 1 amide bonds. The Balaban J connectivity index is 1.41. The lowest BCUT2D eigenvalue weighted by Gasteiger charge is -2.21. The number of aromatic nitrogens is 2. The Morgan fingerprint density at radius 1 is 0.966 bits per heavy atom. The van der Waals surface area contributed by atoms with E-state index in [0.717, 1.165) is 16.9 Å². The Morgan fingerprint density at radius 3 is 2.62 bits per heavy atom. The van der Waals surface area contributed by atoms with Crippen LogP contribution in [0.4, 0.5) is 0 Å². The smallest absolute Gasteiger partial charge is 0.223 e. The van der Waals surface area contributed by atoms with Gasteiger partial charge < -0.3 is 13.7 Å². The predicted molar refractivity (Wildman–Crippen MR) is 107 cm³/mol. The molecule has 0 spiro atoms. The summed E-state index contributed by atoms with van der Waals surface area (Å²) in [5.41, 5.74) is 1.93. The molecule has 0 bridgehead atoms. The first kappa shape index (κ1) is 18.7. The van der Waals surface area contributed by atoms with Crippen LogP contribution in [0.3, 0.4) is 0 Å². The van der Waals surface area contributed by atoms with Gasteiger partial charge in [0.25, 0.3) is 0 Å². The largest absolute Gasteiger partial charge is 0.467 e. The maximum Gasteiger partial charge on any atom is 0.223 e. The van der Waals surface area contributed by atoms with Gasteiger partial charge in [-0.05, 0) is 23.8 Å². The van der Waals surface area contributed by atoms with Gasteiger partial charge in [-0.25, -0.2) is 4.98 Å². The van der Waals surface area contributed by atoms with Crippen molar-refractivity contribution in [2.75, 3.05) is 0 Å². The minimum atomic E-state index is 0.00436. The molecule has 0 fully saturated rings. The highest BCUT2D eigenvalue weighted by Gasteiger charge is 2.17. The van der Waals surface area contributed by atoms with Crippen LogP contribution in [-0.4, -0.2) is 20.8 Å². The van der Waals surface area contributed by atoms with Crippen LogP contribution in [0, 0.1) is 0 Å². The molecule has 0 radical (unpaired) electrons. The van der Waals surface area contributed by atoms with Gasteiger partial charge in [0.1, 0.15) is 5.76 Å². The lowest BCUT2D eigenvalue weighted by Crippen LogP contribution is -2.30. The molecule has 0 aliphatic carbocycles. The number of hydrogen-bond donors (Lipinski definition) is 0. The van der Waals surface area contributed by atoms with Gasteiger partial charge in [0, 0.05) is 37.3 Å². The van der Waals surface area contributed by atoms with Crippen molar-refractivity contribution in [2.45, 2.75) is 25.9 Å². The van der Waals surface area contributed by atoms with Crippen molar-refractivity contribution in [3.8, 4) is 11.3 Å². The van der Waals surface area contributed by atoms with Gasteiger partial charge in [0.15, 0.2) is 11.7 Å². The van der Waals surface area contributed by atoms with Crippen LogP contribution >= 0.6 is 0 Å². The third-order valence-corrected chi connectivity index (χ3v) is 4.54. The van der Waals surface area contributed by atoms with Crippen molar-refractivity contribution >= 4 is 5.91 Å². The fourth-order valence-corrected chi connectivity index (χ4v) is 3.07. The molecule has 0 atom stereocenters. The summed E-state index contributed by atoms with van der Waals surface area (Å²) in [5.74, 6) is 2.00. The lowest BCUT2D eigenvalue weighted by molar-refractivity contribution is -0.132. The van der Waals surface area contributed by atoms with Crippen molar-refractivity contribution in [2.24, 2.45) is 0 Å². The number of nitrogens with zero attached hydrogens (tertiary/aromatic N) is 3. The molecule has 29 heavy (non-hydrogen) atoms. The number of pyridine rings is 1. The van der Waals surface area contributed by atoms with Crippen molar-refractivity contribution in [3.05, 3.63) is 96.7 Å². The van der Waals surface area contributed by atoms with Crippen molar-refractivity contribution in [3.63, 3.8) is 0 Å². The first-order chi connectivity index (χ1) is 14.3. The van der Waals surface area contributed by atoms with E-state index in [1.165, 1.54) is 0 Å². The molecule has 0 saturated carbocycles. The summed E-state index contributed by atoms with van der Waals surface area (Å²) in [6, 6.07) is 17.3. The molecule has 6 nitrogen and oxygen atoms in total. The molecule has 4 rings (SSSR count). The minimum absolute atomic E-state index is 0.00436. The van der Waals surface area contributed by atoms with Crippen LogP contribution in [0.5, 0.6) is 0 Å². The maximum absolute atomic E-state index is 12.9. The molecular formula is C23H21N3O3. The maximum atomic E-state index is 12.9. The number of furan rings is 1. The van der Waals surface area contributed by atoms with E-state index in [0.29, 0.717) is 37.6 Å². The van der Waals surface area contributed by atoms with Crippen LogP contribution in [0.25, 0.3) is 11.3 Å². The van der Waals surface area contributed by atoms with Gasteiger partial charge in [-0.3, -0.25) is 9.78 Å². The van der Waals surface area contributed by atoms with Crippen LogP contribution in [0.1, 0.15) is 23.6 Å². The van der Waals surface area contributed by atoms with Crippen LogP contribution in [0.2, 0.25) is 0 Å². The standard InChI is InChI=1S/C23H21N3O3/c27-23(11-10-22-25-15-21(29-22)19-7-2-1-3-8-19)26(17-20-9-5-13-28-20)16-18-6-4-12-24-14-18/h1-9,12-15H,10-11,16-17H2. The molecule has 0 saturated heterocycles. The fourth-order valence-electron chi connectivity index (χ4n) is 3.07. The number of oxazole rings is 1. The van der Waals surface area contributed by atoms with E-state index in [2.05, 4.69) is 9.97 Å². The number of benzene rings is 1. The van der Waals surface area contributed by atoms with Crippen LogP contribution in [-0.2, 0) is 24.3 Å². The van der Waals surface area contributed by atoms with Crippen LogP contribution in [0.15, 0.2) is 88.3 Å². The number of rotatable bonds is 8. The first-order valence-corrected chi connectivity index (χ1v) is 9.47. The second-order valence-electron chi connectivity index (χ2n) is 6.67. The highest BCUT2D eigenvalue weighted by atomic mass is 16.4. The summed E-state index contributed by atoms with van der Waals surface area (Å²) >= 11 is 0. The predicted octanol–water partition coefficient (Wildman–Crippen LogP) is 4.49. The van der Waals surface area contributed by atoms with Gasteiger partial charge in [0.2, 0.25) is 5.91 Å². The molecule has 3 heterocycles. The van der Waals surface area contributed by atoms with E-state index < -0.39 is 0 Å². The summed E-state index contributed by atoms with van der Waals surface area (Å²) in [4.78, 5) is 23.1. The molecule has 3 aromatic heterocycles. The van der Waals surface area contributed by atoms with Gasteiger partial charge in [0.05, 0.1) is 19.0 Å². The van der Waals surface area contributed by atoms with Gasteiger partial charge in [-0.1, -0.05) is 36.4 Å². The fraction of sp³-hybridized carbons (Fsp3) is 0.174. The summed E-state index contributed by atoms with van der Waals surface area (Å²) in [5, 5.41) is 0. The number of amides is 1. The quantitative estimate of drug-likeness (QED) is 0.445. The summed E-state index contributed by atoms with van der Waals surface area (Å²) in [7, 11) is 0.